The number of dihydropyridines is 1. The van der Waals surface area contributed by atoms with E-state index in [0.29, 0.717) is 0 Å². The number of para-hydroxylation sites is 1. The van der Waals surface area contributed by atoms with E-state index in [2.05, 4.69) is 14.8 Å². The Labute approximate surface area is 137 Å². The monoisotopic (exact) mass is 322 g/mol. The number of carbonyl (C=O) groups excluding carboxylic acids is 2. The summed E-state index contributed by atoms with van der Waals surface area (Å²) in [6.45, 7) is 0. The fourth-order valence-electron chi connectivity index (χ4n) is 2.28. The van der Waals surface area contributed by atoms with E-state index in [0.717, 1.165) is 12.4 Å². The zero-order valence-electron chi connectivity index (χ0n) is 15.6. The summed E-state index contributed by atoms with van der Waals surface area (Å²) in [4.78, 5) is 35.2. The number of nitrogens with one attached hydrogen (secondary N) is 1. The minimum atomic E-state index is -3.05. The first-order valence-electron chi connectivity index (χ1n) is 8.45. The highest BCUT2D eigenvalue weighted by molar-refractivity contribution is 5.99. The Hall–Kier alpha value is -3.16. The van der Waals surface area contributed by atoms with Gasteiger partial charge in [-0.2, -0.15) is 0 Å². The number of ether oxygens (including phenoxy) is 2. The Kier molecular flexibility index (Phi) is 3.34. The summed E-state index contributed by atoms with van der Waals surface area (Å²) in [5.74, 6) is -3.59. The van der Waals surface area contributed by atoms with Crippen LogP contribution < -0.4 is 5.32 Å². The van der Waals surface area contributed by atoms with E-state index in [9.17, 15) is 19.7 Å². The number of rotatable bonds is 4. The second-order valence-electron chi connectivity index (χ2n) is 4.44. The van der Waals surface area contributed by atoms with Crippen LogP contribution in [-0.4, -0.2) is 31.0 Å². The van der Waals surface area contributed by atoms with Gasteiger partial charge >= 0.3 is 11.9 Å². The minimum absolute atomic E-state index is 0.0362. The number of methoxy groups -OCH3 is 2. The molecule has 0 bridgehead atoms. The molecule has 0 amide bonds. The summed E-state index contributed by atoms with van der Waals surface area (Å²) in [5, 5.41) is 13.9. The van der Waals surface area contributed by atoms with E-state index in [1.807, 2.05) is 0 Å². The number of nitro benzene ring substituents is 1. The topological polar surface area (TPSA) is 108 Å². The molecule has 2 rings (SSSR count). The molecule has 1 atom stereocenters. The van der Waals surface area contributed by atoms with Crippen LogP contribution in [0.1, 0.15) is 17.0 Å². The van der Waals surface area contributed by atoms with Crippen LogP contribution in [0.5, 0.6) is 0 Å². The molecule has 1 heterocycles. The molecule has 120 valence electrons. The summed E-state index contributed by atoms with van der Waals surface area (Å²) in [7, 11) is -3.76. The normalized spacial score (nSPS) is 19.6. The van der Waals surface area contributed by atoms with E-state index >= 15 is 0 Å². The van der Waals surface area contributed by atoms with Gasteiger partial charge in [0.15, 0.2) is 0 Å². The maximum absolute atomic E-state index is 12.3. The zero-order chi connectivity index (χ0) is 20.2. The van der Waals surface area contributed by atoms with Crippen molar-refractivity contribution in [2.24, 2.45) is 0 Å². The molecular weight excluding hydrogens is 304 g/mol. The lowest BCUT2D eigenvalue weighted by molar-refractivity contribution is -0.385. The first-order valence-corrected chi connectivity index (χ1v) is 6.25. The summed E-state index contributed by atoms with van der Waals surface area (Å²) in [6, 6.07) is 5.37. The van der Waals surface area contributed by atoms with Crippen molar-refractivity contribution in [3.8, 4) is 0 Å². The van der Waals surface area contributed by atoms with Crippen molar-refractivity contribution in [3.63, 3.8) is 0 Å². The molecule has 0 saturated carbocycles. The summed E-state index contributed by atoms with van der Waals surface area (Å²) < 4.78 is 37.2. The third-order valence-electron chi connectivity index (χ3n) is 3.24. The van der Waals surface area contributed by atoms with Crippen molar-refractivity contribution in [2.45, 2.75) is 5.92 Å². The third kappa shape index (κ3) is 3.05. The predicted molar refractivity (Wildman–Crippen MR) is 79.2 cm³/mol. The van der Waals surface area contributed by atoms with Gasteiger partial charge in [0.1, 0.15) is 0 Å². The quantitative estimate of drug-likeness (QED) is 0.507. The van der Waals surface area contributed by atoms with Crippen LogP contribution >= 0.6 is 0 Å². The standard InChI is InChI=1S/C15H14N2O6/c1-22-14(18)10-7-16-8-11(15(19)23-2)13(10)9-5-3-4-6-12(9)17(20)21/h3-8,13,16H,1-2H3/i1D,2D3. The highest BCUT2D eigenvalue weighted by Crippen LogP contribution is 2.39. The second kappa shape index (κ2) is 6.73. The van der Waals surface area contributed by atoms with Crippen LogP contribution in [0.4, 0.5) is 5.69 Å². The van der Waals surface area contributed by atoms with Crippen molar-refractivity contribution < 1.29 is 29.5 Å². The lowest BCUT2D eigenvalue weighted by Crippen LogP contribution is -2.26. The summed E-state index contributed by atoms with van der Waals surface area (Å²) in [5.41, 5.74) is -0.969. The molecular formula is C15H14N2O6. The maximum Gasteiger partial charge on any atom is 0.336 e. The molecule has 1 aromatic carbocycles. The number of hydrogen-bond acceptors (Lipinski definition) is 7. The van der Waals surface area contributed by atoms with Crippen LogP contribution in [0.2, 0.25) is 0 Å². The molecule has 8 nitrogen and oxygen atoms in total. The molecule has 0 aromatic heterocycles. The Balaban J connectivity index is 2.58. The van der Waals surface area contributed by atoms with E-state index < -0.39 is 36.9 Å². The molecule has 0 saturated heterocycles. The van der Waals surface area contributed by atoms with Crippen LogP contribution in [0.25, 0.3) is 0 Å². The Morgan fingerprint density at radius 1 is 1.22 bits per heavy atom. The molecule has 0 aliphatic carbocycles. The van der Waals surface area contributed by atoms with Gasteiger partial charge in [-0.15, -0.1) is 0 Å². The second-order valence-corrected chi connectivity index (χ2v) is 4.44. The van der Waals surface area contributed by atoms with Crippen LogP contribution in [0, 0.1) is 10.1 Å². The highest BCUT2D eigenvalue weighted by Gasteiger charge is 2.37. The van der Waals surface area contributed by atoms with Gasteiger partial charge in [0.2, 0.25) is 0 Å². The van der Waals surface area contributed by atoms with Crippen LogP contribution in [0.15, 0.2) is 47.8 Å². The van der Waals surface area contributed by atoms with Gasteiger partial charge in [-0.25, -0.2) is 9.59 Å². The van der Waals surface area contributed by atoms with Gasteiger partial charge < -0.3 is 14.8 Å². The molecule has 1 aliphatic rings. The predicted octanol–water partition coefficient (Wildman–Crippen LogP) is 1.40. The first-order chi connectivity index (χ1) is 12.7. The SMILES string of the molecule is [2H]COC(=O)C1=CNC=C(C(=O)OC([2H])([2H])[2H])C1c1ccccc1[N+](=O)[O-]. The van der Waals surface area contributed by atoms with Crippen LogP contribution in [0.3, 0.4) is 0 Å². The molecule has 23 heavy (non-hydrogen) atoms. The Morgan fingerprint density at radius 3 is 2.48 bits per heavy atom. The number of nitrogens with zero attached hydrogens (tertiary/aromatic N) is 1. The van der Waals surface area contributed by atoms with Gasteiger partial charge in [-0.3, -0.25) is 10.1 Å². The number of benzene rings is 1. The van der Waals surface area contributed by atoms with Crippen molar-refractivity contribution in [3.05, 3.63) is 63.5 Å². The van der Waals surface area contributed by atoms with E-state index in [4.69, 9.17) is 5.48 Å². The Morgan fingerprint density at radius 2 is 1.87 bits per heavy atom. The van der Waals surface area contributed by atoms with Crippen molar-refractivity contribution in [1.29, 1.82) is 0 Å². The third-order valence-corrected chi connectivity index (χ3v) is 3.24. The number of hydrogen-bond donors (Lipinski definition) is 1. The van der Waals surface area contributed by atoms with Crippen molar-refractivity contribution in [2.75, 3.05) is 14.1 Å². The van der Waals surface area contributed by atoms with E-state index in [-0.39, 0.29) is 22.4 Å². The van der Waals surface area contributed by atoms with Gasteiger partial charge in [0, 0.05) is 24.0 Å². The lowest BCUT2D eigenvalue weighted by atomic mass is 9.83. The fourth-order valence-corrected chi connectivity index (χ4v) is 2.28. The molecule has 1 aliphatic heterocycles. The number of esters is 2. The smallest absolute Gasteiger partial charge is 0.336 e. The van der Waals surface area contributed by atoms with Gasteiger partial charge in [-0.05, 0) is 0 Å². The summed E-state index contributed by atoms with van der Waals surface area (Å²) >= 11 is 0. The summed E-state index contributed by atoms with van der Waals surface area (Å²) in [6.07, 6.45) is 2.25. The van der Waals surface area contributed by atoms with Gasteiger partial charge in [0.05, 0.1) is 41.6 Å². The largest absolute Gasteiger partial charge is 0.466 e. The fraction of sp³-hybridized carbons (Fsp3) is 0.200. The highest BCUT2D eigenvalue weighted by atomic mass is 16.6. The van der Waals surface area contributed by atoms with E-state index in [1.165, 1.54) is 24.3 Å². The molecule has 0 fully saturated rings. The molecule has 1 unspecified atom stereocenters. The van der Waals surface area contributed by atoms with E-state index in [1.54, 1.807) is 0 Å². The van der Waals surface area contributed by atoms with Gasteiger partial charge in [-0.1, -0.05) is 18.2 Å². The Bertz CT molecular complexity index is 834. The number of carbonyl (C=O) groups is 2. The zero-order valence-corrected chi connectivity index (χ0v) is 11.6. The van der Waals surface area contributed by atoms with Gasteiger partial charge in [0.25, 0.3) is 5.69 Å². The lowest BCUT2D eigenvalue weighted by Gasteiger charge is -2.24. The maximum atomic E-state index is 12.3. The average Bonchev–Trinajstić information content (AvgIpc) is 2.59. The first kappa shape index (κ1) is 11.4. The molecule has 1 aromatic rings. The molecule has 8 heteroatoms. The molecule has 0 spiro atoms. The van der Waals surface area contributed by atoms with Crippen molar-refractivity contribution in [1.82, 2.24) is 5.32 Å². The van der Waals surface area contributed by atoms with Crippen LogP contribution in [-0.2, 0) is 19.1 Å². The van der Waals surface area contributed by atoms with Crippen molar-refractivity contribution >= 4 is 17.6 Å². The minimum Gasteiger partial charge on any atom is -0.466 e. The number of nitro groups is 1. The molecule has 0 radical (unpaired) electrons. The molecule has 1 N–H and O–H groups in total. The average molecular weight is 322 g/mol.